The SMILES string of the molecule is CC(C)(C)OC(=O)c1ccnn1CCNC(=O)[C@@H]1c2ccccc2C(=O)N([C@H]2CCCC[C@@H]2NS(C)(=O)=O)[C@H]1c1ccc(Cl)cc1Cl. The summed E-state index contributed by atoms with van der Waals surface area (Å²) in [4.78, 5) is 43.2. The van der Waals surface area contributed by atoms with Crippen LogP contribution in [-0.4, -0.2) is 71.4 Å². The number of carbonyl (C=O) groups excluding carboxylic acids is 3. The summed E-state index contributed by atoms with van der Waals surface area (Å²) in [5, 5.41) is 7.90. The highest BCUT2D eigenvalue weighted by atomic mass is 35.5. The Labute approximate surface area is 285 Å². The van der Waals surface area contributed by atoms with Crippen molar-refractivity contribution in [3.05, 3.63) is 87.2 Å². The summed E-state index contributed by atoms with van der Waals surface area (Å²) in [5.41, 5.74) is 0.962. The van der Waals surface area contributed by atoms with E-state index in [0.717, 1.165) is 19.1 Å². The largest absolute Gasteiger partial charge is 0.455 e. The van der Waals surface area contributed by atoms with E-state index in [1.807, 2.05) is 0 Å². The summed E-state index contributed by atoms with van der Waals surface area (Å²) < 4.78 is 34.6. The Bertz CT molecular complexity index is 1770. The van der Waals surface area contributed by atoms with Crippen molar-refractivity contribution < 1.29 is 27.5 Å². The molecule has 47 heavy (non-hydrogen) atoms. The third-order valence-corrected chi connectivity index (χ3v) is 9.63. The molecular weight excluding hydrogens is 665 g/mol. The monoisotopic (exact) mass is 703 g/mol. The molecule has 1 aliphatic carbocycles. The van der Waals surface area contributed by atoms with Crippen LogP contribution < -0.4 is 10.0 Å². The molecule has 2 aromatic carbocycles. The predicted molar refractivity (Wildman–Crippen MR) is 179 cm³/mol. The molecule has 2 heterocycles. The van der Waals surface area contributed by atoms with Gasteiger partial charge in [0.2, 0.25) is 15.9 Å². The fourth-order valence-corrected chi connectivity index (χ4v) is 7.88. The van der Waals surface area contributed by atoms with Gasteiger partial charge in [0.25, 0.3) is 5.91 Å². The summed E-state index contributed by atoms with van der Waals surface area (Å²) in [7, 11) is -3.60. The number of rotatable bonds is 9. The number of sulfonamides is 1. The molecule has 14 heteroatoms. The van der Waals surface area contributed by atoms with E-state index >= 15 is 0 Å². The van der Waals surface area contributed by atoms with Gasteiger partial charge in [-0.25, -0.2) is 17.9 Å². The normalized spacial score (nSPS) is 21.7. The van der Waals surface area contributed by atoms with Crippen LogP contribution in [-0.2, 0) is 26.1 Å². The van der Waals surface area contributed by atoms with E-state index in [-0.39, 0.29) is 35.6 Å². The number of hydrogen-bond acceptors (Lipinski definition) is 7. The molecule has 1 aliphatic heterocycles. The van der Waals surface area contributed by atoms with E-state index < -0.39 is 45.6 Å². The lowest BCUT2D eigenvalue weighted by atomic mass is 9.76. The van der Waals surface area contributed by atoms with E-state index in [2.05, 4.69) is 15.1 Å². The number of halogens is 2. The van der Waals surface area contributed by atoms with E-state index in [0.29, 0.717) is 34.6 Å². The van der Waals surface area contributed by atoms with Gasteiger partial charge in [-0.15, -0.1) is 0 Å². The molecule has 5 rings (SSSR count). The third-order valence-electron chi connectivity index (χ3n) is 8.34. The van der Waals surface area contributed by atoms with Crippen molar-refractivity contribution in [2.45, 2.75) is 82.6 Å². The second-order valence-corrected chi connectivity index (χ2v) is 15.6. The van der Waals surface area contributed by atoms with Crippen LogP contribution in [0.3, 0.4) is 0 Å². The van der Waals surface area contributed by atoms with Gasteiger partial charge >= 0.3 is 5.97 Å². The van der Waals surface area contributed by atoms with Gasteiger partial charge in [-0.05, 0) is 69.0 Å². The summed E-state index contributed by atoms with van der Waals surface area (Å²) in [5.74, 6) is -2.13. The summed E-state index contributed by atoms with van der Waals surface area (Å²) in [6.45, 7) is 5.62. The lowest BCUT2D eigenvalue weighted by Gasteiger charge is -2.49. The molecule has 4 atom stereocenters. The quantitative estimate of drug-likeness (QED) is 0.296. The molecule has 1 fully saturated rings. The Morgan fingerprint density at radius 2 is 1.77 bits per heavy atom. The van der Waals surface area contributed by atoms with Gasteiger partial charge < -0.3 is 15.0 Å². The number of esters is 1. The third kappa shape index (κ3) is 7.99. The van der Waals surface area contributed by atoms with Crippen molar-refractivity contribution in [1.29, 1.82) is 0 Å². The molecule has 1 aromatic heterocycles. The van der Waals surface area contributed by atoms with Gasteiger partial charge in [-0.3, -0.25) is 14.3 Å². The average Bonchev–Trinajstić information content (AvgIpc) is 3.45. The second kappa shape index (κ2) is 14.0. The van der Waals surface area contributed by atoms with Gasteiger partial charge in [0.15, 0.2) is 0 Å². The number of nitrogens with one attached hydrogen (secondary N) is 2. The van der Waals surface area contributed by atoms with Gasteiger partial charge in [0, 0.05) is 40.4 Å². The van der Waals surface area contributed by atoms with Crippen molar-refractivity contribution in [2.24, 2.45) is 0 Å². The van der Waals surface area contributed by atoms with Gasteiger partial charge in [0.05, 0.1) is 24.8 Å². The van der Waals surface area contributed by atoms with E-state index in [4.69, 9.17) is 27.9 Å². The number of fused-ring (bicyclic) bond motifs is 1. The first kappa shape index (κ1) is 34.9. The molecule has 0 saturated heterocycles. The number of ether oxygens (including phenoxy) is 1. The topological polar surface area (TPSA) is 140 Å². The highest BCUT2D eigenvalue weighted by Crippen LogP contribution is 2.47. The smallest absolute Gasteiger partial charge is 0.357 e. The molecule has 0 unspecified atom stereocenters. The zero-order chi connectivity index (χ0) is 34.1. The zero-order valence-electron chi connectivity index (χ0n) is 26.7. The van der Waals surface area contributed by atoms with Crippen molar-refractivity contribution in [3.8, 4) is 0 Å². The number of amides is 2. The maximum absolute atomic E-state index is 14.4. The lowest BCUT2D eigenvalue weighted by Crippen LogP contribution is -2.59. The summed E-state index contributed by atoms with van der Waals surface area (Å²) in [6.07, 6.45) is 5.22. The minimum absolute atomic E-state index is 0.117. The second-order valence-electron chi connectivity index (χ2n) is 13.0. The Kier molecular flexibility index (Phi) is 10.4. The van der Waals surface area contributed by atoms with Crippen molar-refractivity contribution in [3.63, 3.8) is 0 Å². The molecule has 11 nitrogen and oxygen atoms in total. The van der Waals surface area contributed by atoms with E-state index in [1.165, 1.54) is 10.9 Å². The molecule has 252 valence electrons. The van der Waals surface area contributed by atoms with Crippen LogP contribution in [0.5, 0.6) is 0 Å². The van der Waals surface area contributed by atoms with Crippen LogP contribution in [0.15, 0.2) is 54.7 Å². The van der Waals surface area contributed by atoms with Gasteiger partial charge in [0.1, 0.15) is 11.3 Å². The maximum Gasteiger partial charge on any atom is 0.357 e. The van der Waals surface area contributed by atoms with Gasteiger partial charge in [-0.2, -0.15) is 5.10 Å². The number of carbonyl (C=O) groups is 3. The number of benzene rings is 2. The van der Waals surface area contributed by atoms with Crippen LogP contribution in [0.1, 0.15) is 90.4 Å². The minimum atomic E-state index is -3.60. The first-order valence-electron chi connectivity index (χ1n) is 15.5. The Morgan fingerprint density at radius 1 is 1.04 bits per heavy atom. The van der Waals surface area contributed by atoms with Crippen LogP contribution in [0.25, 0.3) is 0 Å². The Balaban J connectivity index is 1.52. The molecule has 1 saturated carbocycles. The zero-order valence-corrected chi connectivity index (χ0v) is 29.0. The first-order chi connectivity index (χ1) is 22.1. The van der Waals surface area contributed by atoms with Crippen molar-refractivity contribution >= 4 is 51.0 Å². The maximum atomic E-state index is 14.4. The molecule has 0 bridgehead atoms. The van der Waals surface area contributed by atoms with E-state index in [1.54, 1.807) is 74.2 Å². The summed E-state index contributed by atoms with van der Waals surface area (Å²) >= 11 is 13.1. The predicted octanol–water partition coefficient (Wildman–Crippen LogP) is 5.10. The van der Waals surface area contributed by atoms with E-state index in [9.17, 15) is 22.8 Å². The molecule has 2 amide bonds. The Hall–Kier alpha value is -3.45. The fourth-order valence-electron chi connectivity index (χ4n) is 6.54. The van der Waals surface area contributed by atoms with Crippen LogP contribution in [0.2, 0.25) is 10.0 Å². The fraction of sp³-hybridized carbons (Fsp3) is 0.455. The summed E-state index contributed by atoms with van der Waals surface area (Å²) in [6, 6.07) is 11.5. The van der Waals surface area contributed by atoms with Crippen LogP contribution >= 0.6 is 23.2 Å². The van der Waals surface area contributed by atoms with Gasteiger partial charge in [-0.1, -0.05) is 60.3 Å². The molecular formula is C33H39Cl2N5O6S. The number of hydrogen-bond donors (Lipinski definition) is 2. The molecule has 0 radical (unpaired) electrons. The Morgan fingerprint density at radius 3 is 2.47 bits per heavy atom. The van der Waals surface area contributed by atoms with Crippen LogP contribution in [0, 0.1) is 0 Å². The molecule has 3 aromatic rings. The average molecular weight is 705 g/mol. The number of nitrogens with zero attached hydrogens (tertiary/aromatic N) is 3. The highest BCUT2D eigenvalue weighted by molar-refractivity contribution is 7.88. The van der Waals surface area contributed by atoms with Crippen molar-refractivity contribution in [2.75, 3.05) is 12.8 Å². The number of aromatic nitrogens is 2. The molecule has 0 spiro atoms. The molecule has 2 aliphatic rings. The minimum Gasteiger partial charge on any atom is -0.455 e. The molecule has 2 N–H and O–H groups in total. The van der Waals surface area contributed by atoms with Crippen LogP contribution in [0.4, 0.5) is 0 Å². The lowest BCUT2D eigenvalue weighted by molar-refractivity contribution is -0.124. The first-order valence-corrected chi connectivity index (χ1v) is 18.2. The highest BCUT2D eigenvalue weighted by Gasteiger charge is 2.49. The standard InChI is InChI=1S/C33H39Cl2N5O6S/c1-33(2,3)46-32(43)27-15-16-37-39(27)18-17-36-30(41)28-21-9-5-6-10-22(21)31(42)40(29(28)23-14-13-20(34)19-24(23)35)26-12-8-7-11-25(26)38-47(4,44)45/h5-6,9-10,13-16,19,25-26,28-29,38H,7-8,11-12,17-18H2,1-4H3,(H,36,41)/t25-,26-,28+,29-/m0/s1. The van der Waals surface area contributed by atoms with Crippen molar-refractivity contribution in [1.82, 2.24) is 24.7 Å².